The third-order valence-electron chi connectivity index (χ3n) is 3.21. The summed E-state index contributed by atoms with van der Waals surface area (Å²) in [6.45, 7) is 4.85. The van der Waals surface area contributed by atoms with Gasteiger partial charge in [-0.25, -0.2) is 4.98 Å². The van der Waals surface area contributed by atoms with Crippen LogP contribution in [0, 0.1) is 0 Å². The van der Waals surface area contributed by atoms with Crippen molar-refractivity contribution >= 4 is 23.2 Å². The number of carbonyl (C=O) groups is 1. The summed E-state index contributed by atoms with van der Waals surface area (Å²) in [5.74, 6) is -0.198. The number of carbonyl (C=O) groups excluding carboxylic acids is 1. The van der Waals surface area contributed by atoms with Gasteiger partial charge in [0.1, 0.15) is 0 Å². The van der Waals surface area contributed by atoms with E-state index in [0.29, 0.717) is 23.2 Å². The third kappa shape index (κ3) is 3.55. The molecule has 2 rings (SSSR count). The van der Waals surface area contributed by atoms with E-state index in [-0.39, 0.29) is 5.91 Å². The third-order valence-corrected chi connectivity index (χ3v) is 3.54. The Hall–Kier alpha value is -2.01. The number of nitrogens with one attached hydrogen (secondary N) is 2. The van der Waals surface area contributed by atoms with Gasteiger partial charge in [-0.05, 0) is 32.0 Å². The van der Waals surface area contributed by atoms with Crippen LogP contribution in [0.1, 0.15) is 35.9 Å². The molecule has 2 aromatic rings. The zero-order valence-corrected chi connectivity index (χ0v) is 13.1. The van der Waals surface area contributed by atoms with E-state index in [1.165, 1.54) is 0 Å². The van der Waals surface area contributed by atoms with Crippen molar-refractivity contribution in [2.45, 2.75) is 26.4 Å². The molecular formula is C15H19ClN4O. The van der Waals surface area contributed by atoms with Gasteiger partial charge in [0.05, 0.1) is 29.2 Å². The molecule has 1 aromatic carbocycles. The van der Waals surface area contributed by atoms with Crippen molar-refractivity contribution in [1.82, 2.24) is 14.9 Å². The molecule has 5 nitrogen and oxygen atoms in total. The molecule has 0 spiro atoms. The maximum absolute atomic E-state index is 11.7. The van der Waals surface area contributed by atoms with Crippen LogP contribution < -0.4 is 10.6 Å². The van der Waals surface area contributed by atoms with Crippen molar-refractivity contribution < 1.29 is 4.79 Å². The van der Waals surface area contributed by atoms with Gasteiger partial charge in [-0.15, -0.1) is 0 Å². The second-order valence-corrected chi connectivity index (χ2v) is 5.42. The summed E-state index contributed by atoms with van der Waals surface area (Å²) in [5.41, 5.74) is 2.39. The van der Waals surface area contributed by atoms with E-state index < -0.39 is 0 Å². The highest BCUT2D eigenvalue weighted by Gasteiger charge is 2.10. The van der Waals surface area contributed by atoms with Crippen LogP contribution in [0.2, 0.25) is 5.02 Å². The Morgan fingerprint density at radius 2 is 2.19 bits per heavy atom. The average Bonchev–Trinajstić information content (AvgIpc) is 2.94. The van der Waals surface area contributed by atoms with Gasteiger partial charge in [-0.2, -0.15) is 0 Å². The van der Waals surface area contributed by atoms with Gasteiger partial charge in [0.25, 0.3) is 5.91 Å². The minimum Gasteiger partial charge on any atom is -0.379 e. The van der Waals surface area contributed by atoms with Gasteiger partial charge in [0.2, 0.25) is 0 Å². The highest BCUT2D eigenvalue weighted by molar-refractivity contribution is 6.34. The number of amides is 1. The van der Waals surface area contributed by atoms with Crippen molar-refractivity contribution in [3.05, 3.63) is 47.0 Å². The molecule has 1 aromatic heterocycles. The summed E-state index contributed by atoms with van der Waals surface area (Å²) in [4.78, 5) is 15.9. The zero-order chi connectivity index (χ0) is 15.4. The van der Waals surface area contributed by atoms with Crippen LogP contribution in [0.3, 0.4) is 0 Å². The van der Waals surface area contributed by atoms with Crippen molar-refractivity contribution in [2.75, 3.05) is 12.4 Å². The lowest BCUT2D eigenvalue weighted by Crippen LogP contribution is -2.18. The number of aromatic nitrogens is 2. The van der Waals surface area contributed by atoms with Crippen molar-refractivity contribution in [3.63, 3.8) is 0 Å². The average molecular weight is 307 g/mol. The maximum Gasteiger partial charge on any atom is 0.252 e. The number of imidazole rings is 1. The molecule has 0 fully saturated rings. The fourth-order valence-electron chi connectivity index (χ4n) is 2.07. The molecule has 6 heteroatoms. The molecule has 21 heavy (non-hydrogen) atoms. The van der Waals surface area contributed by atoms with Gasteiger partial charge in [-0.3, -0.25) is 4.79 Å². The molecule has 112 valence electrons. The molecular weight excluding hydrogens is 288 g/mol. The lowest BCUT2D eigenvalue weighted by molar-refractivity contribution is 0.0963. The van der Waals surface area contributed by atoms with Crippen molar-refractivity contribution in [2.24, 2.45) is 0 Å². The lowest BCUT2D eigenvalue weighted by atomic mass is 10.2. The van der Waals surface area contributed by atoms with Crippen LogP contribution in [-0.2, 0) is 6.54 Å². The van der Waals surface area contributed by atoms with Crippen molar-refractivity contribution in [1.29, 1.82) is 0 Å². The van der Waals surface area contributed by atoms with Crippen LogP contribution in [0.4, 0.5) is 5.69 Å². The Balaban J connectivity index is 2.13. The molecule has 1 heterocycles. The molecule has 0 bridgehead atoms. The largest absolute Gasteiger partial charge is 0.379 e. The fraction of sp³-hybridized carbons (Fsp3) is 0.333. The predicted octanol–water partition coefficient (Wildman–Crippen LogP) is 3.09. The molecule has 0 aliphatic heterocycles. The quantitative estimate of drug-likeness (QED) is 0.892. The van der Waals surface area contributed by atoms with E-state index in [1.54, 1.807) is 19.2 Å². The van der Waals surface area contributed by atoms with E-state index in [4.69, 9.17) is 11.6 Å². The number of hydrogen-bond donors (Lipinski definition) is 2. The summed E-state index contributed by atoms with van der Waals surface area (Å²) in [7, 11) is 1.58. The summed E-state index contributed by atoms with van der Waals surface area (Å²) in [6, 6.07) is 5.67. The van der Waals surface area contributed by atoms with Gasteiger partial charge >= 0.3 is 0 Å². The normalized spacial score (nSPS) is 10.7. The van der Waals surface area contributed by atoms with Crippen molar-refractivity contribution in [3.8, 4) is 0 Å². The molecule has 0 unspecified atom stereocenters. The smallest absolute Gasteiger partial charge is 0.252 e. The standard InChI is InChI=1S/C15H19ClN4O/c1-10(2)20-9-18-7-12(20)8-19-11-4-5-14(16)13(6-11)15(21)17-3/h4-7,9-10,19H,8H2,1-3H3,(H,17,21). The minimum atomic E-state index is -0.198. The topological polar surface area (TPSA) is 59.0 Å². The van der Waals surface area contributed by atoms with E-state index in [2.05, 4.69) is 34.0 Å². The molecule has 0 aliphatic carbocycles. The van der Waals surface area contributed by atoms with Crippen LogP contribution in [0.25, 0.3) is 0 Å². The molecule has 0 aliphatic rings. The highest BCUT2D eigenvalue weighted by atomic mass is 35.5. The van der Waals surface area contributed by atoms with Gasteiger partial charge in [0, 0.05) is 25.0 Å². The van der Waals surface area contributed by atoms with E-state index in [0.717, 1.165) is 11.4 Å². The Morgan fingerprint density at radius 3 is 2.86 bits per heavy atom. The first-order chi connectivity index (χ1) is 10.0. The van der Waals surface area contributed by atoms with Crippen LogP contribution >= 0.6 is 11.6 Å². The van der Waals surface area contributed by atoms with Crippen LogP contribution in [0.15, 0.2) is 30.7 Å². The minimum absolute atomic E-state index is 0.198. The molecule has 0 radical (unpaired) electrons. The van der Waals surface area contributed by atoms with Crippen LogP contribution in [0.5, 0.6) is 0 Å². The zero-order valence-electron chi connectivity index (χ0n) is 12.4. The summed E-state index contributed by atoms with van der Waals surface area (Å²) >= 11 is 6.03. The lowest BCUT2D eigenvalue weighted by Gasteiger charge is -2.13. The van der Waals surface area contributed by atoms with E-state index in [9.17, 15) is 4.79 Å². The van der Waals surface area contributed by atoms with Gasteiger partial charge < -0.3 is 15.2 Å². The summed E-state index contributed by atoms with van der Waals surface area (Å²) in [6.07, 6.45) is 3.65. The Morgan fingerprint density at radius 1 is 1.43 bits per heavy atom. The maximum atomic E-state index is 11.7. The van der Waals surface area contributed by atoms with E-state index >= 15 is 0 Å². The monoisotopic (exact) mass is 306 g/mol. The second kappa shape index (κ2) is 6.63. The second-order valence-electron chi connectivity index (χ2n) is 5.01. The Labute approximate surface area is 129 Å². The molecule has 0 saturated carbocycles. The Kier molecular flexibility index (Phi) is 4.85. The molecule has 0 saturated heterocycles. The van der Waals surface area contributed by atoms with Gasteiger partial charge in [0.15, 0.2) is 0 Å². The first-order valence-electron chi connectivity index (χ1n) is 6.79. The van der Waals surface area contributed by atoms with E-state index in [1.807, 2.05) is 18.6 Å². The fourth-order valence-corrected chi connectivity index (χ4v) is 2.27. The number of benzene rings is 1. The first-order valence-corrected chi connectivity index (χ1v) is 7.17. The van der Waals surface area contributed by atoms with Crippen LogP contribution in [-0.4, -0.2) is 22.5 Å². The number of halogens is 1. The molecule has 0 atom stereocenters. The number of nitrogens with zero attached hydrogens (tertiary/aromatic N) is 2. The number of rotatable bonds is 5. The summed E-state index contributed by atoms with van der Waals surface area (Å²) in [5, 5.41) is 6.30. The SMILES string of the molecule is CNC(=O)c1cc(NCc2cncn2C(C)C)ccc1Cl. The molecule has 2 N–H and O–H groups in total. The predicted molar refractivity (Wildman–Crippen MR) is 84.8 cm³/mol. The highest BCUT2D eigenvalue weighted by Crippen LogP contribution is 2.21. The Bertz CT molecular complexity index is 636. The molecule has 1 amide bonds. The first kappa shape index (κ1) is 15.4. The number of anilines is 1. The van der Waals surface area contributed by atoms with Gasteiger partial charge in [-0.1, -0.05) is 11.6 Å². The summed E-state index contributed by atoms with van der Waals surface area (Å²) < 4.78 is 2.10. The number of hydrogen-bond acceptors (Lipinski definition) is 3.